The summed E-state index contributed by atoms with van der Waals surface area (Å²) in [6.07, 6.45) is 0. The van der Waals surface area contributed by atoms with Crippen LogP contribution in [0.2, 0.25) is 0 Å². The quantitative estimate of drug-likeness (QED) is 0.729. The molecular weight excluding hydrogens is 304 g/mol. The second kappa shape index (κ2) is 8.93. The lowest BCUT2D eigenvalue weighted by molar-refractivity contribution is -0.114. The van der Waals surface area contributed by atoms with Crippen molar-refractivity contribution in [3.05, 3.63) is 53.6 Å². The van der Waals surface area contributed by atoms with E-state index in [4.69, 9.17) is 9.47 Å². The number of methoxy groups -OCH3 is 1. The molecule has 0 aliphatic heterocycles. The molecule has 0 spiro atoms. The van der Waals surface area contributed by atoms with E-state index < -0.39 is 0 Å². The lowest BCUT2D eigenvalue weighted by Gasteiger charge is -2.12. The van der Waals surface area contributed by atoms with E-state index in [1.807, 2.05) is 56.3 Å². The first-order valence-electron chi connectivity index (χ1n) is 7.91. The maximum atomic E-state index is 12.1. The molecule has 24 heavy (non-hydrogen) atoms. The average Bonchev–Trinajstić information content (AvgIpc) is 2.57. The van der Waals surface area contributed by atoms with Crippen LogP contribution in [-0.2, 0) is 9.53 Å². The van der Waals surface area contributed by atoms with Crippen LogP contribution in [0.25, 0.3) is 0 Å². The van der Waals surface area contributed by atoms with E-state index in [0.717, 1.165) is 28.3 Å². The summed E-state index contributed by atoms with van der Waals surface area (Å²) in [4.78, 5) is 12.1. The Morgan fingerprint density at radius 2 is 1.92 bits per heavy atom. The number of hydrogen-bond acceptors (Lipinski definition) is 4. The van der Waals surface area contributed by atoms with Crippen molar-refractivity contribution in [2.45, 2.75) is 13.8 Å². The van der Waals surface area contributed by atoms with E-state index in [1.165, 1.54) is 0 Å². The van der Waals surface area contributed by atoms with Gasteiger partial charge < -0.3 is 20.1 Å². The maximum absolute atomic E-state index is 12.1. The van der Waals surface area contributed by atoms with Crippen molar-refractivity contribution in [2.24, 2.45) is 0 Å². The lowest BCUT2D eigenvalue weighted by Crippen LogP contribution is -2.22. The Morgan fingerprint density at radius 3 is 2.71 bits per heavy atom. The molecule has 0 heterocycles. The number of carbonyl (C=O) groups excluding carboxylic acids is 1. The van der Waals surface area contributed by atoms with Crippen LogP contribution < -0.4 is 15.4 Å². The monoisotopic (exact) mass is 328 g/mol. The van der Waals surface area contributed by atoms with Crippen LogP contribution in [0.4, 0.5) is 11.4 Å². The van der Waals surface area contributed by atoms with E-state index in [2.05, 4.69) is 10.6 Å². The number of benzene rings is 2. The normalized spacial score (nSPS) is 10.3. The lowest BCUT2D eigenvalue weighted by atomic mass is 10.1. The first kappa shape index (κ1) is 17.8. The van der Waals surface area contributed by atoms with Gasteiger partial charge in [-0.05, 0) is 43.2 Å². The smallest absolute Gasteiger partial charge is 0.243 e. The second-order valence-electron chi connectivity index (χ2n) is 5.59. The number of hydrogen-bond donors (Lipinski definition) is 2. The number of anilines is 2. The van der Waals surface area contributed by atoms with Crippen molar-refractivity contribution >= 4 is 17.3 Å². The summed E-state index contributed by atoms with van der Waals surface area (Å²) >= 11 is 0. The number of rotatable bonds is 8. The largest absolute Gasteiger partial charge is 0.491 e. The van der Waals surface area contributed by atoms with E-state index in [0.29, 0.717) is 13.2 Å². The third kappa shape index (κ3) is 5.59. The highest BCUT2D eigenvalue weighted by atomic mass is 16.5. The van der Waals surface area contributed by atoms with Gasteiger partial charge in [-0.15, -0.1) is 0 Å². The molecule has 0 unspecified atom stereocenters. The number of ether oxygens (including phenoxy) is 2. The zero-order valence-electron chi connectivity index (χ0n) is 14.4. The predicted molar refractivity (Wildman–Crippen MR) is 96.8 cm³/mol. The minimum Gasteiger partial charge on any atom is -0.491 e. The van der Waals surface area contributed by atoms with Crippen molar-refractivity contribution in [3.8, 4) is 5.75 Å². The molecule has 0 aliphatic rings. The van der Waals surface area contributed by atoms with Crippen molar-refractivity contribution in [3.63, 3.8) is 0 Å². The minimum atomic E-state index is -0.0885. The third-order valence-corrected chi connectivity index (χ3v) is 3.51. The molecule has 0 radical (unpaired) electrons. The molecule has 0 aromatic heterocycles. The van der Waals surface area contributed by atoms with Gasteiger partial charge in [0.2, 0.25) is 5.91 Å². The van der Waals surface area contributed by atoms with Gasteiger partial charge in [0.25, 0.3) is 0 Å². The fourth-order valence-electron chi connectivity index (χ4n) is 2.19. The Kier molecular flexibility index (Phi) is 6.63. The topological polar surface area (TPSA) is 59.6 Å². The molecule has 128 valence electrons. The molecule has 5 nitrogen and oxygen atoms in total. The summed E-state index contributed by atoms with van der Waals surface area (Å²) < 4.78 is 10.5. The predicted octanol–water partition coefficient (Wildman–Crippen LogP) is 3.38. The number of nitrogens with one attached hydrogen (secondary N) is 2. The summed E-state index contributed by atoms with van der Waals surface area (Å²) in [5.74, 6) is 0.654. The van der Waals surface area contributed by atoms with Gasteiger partial charge in [0, 0.05) is 24.6 Å². The zero-order chi connectivity index (χ0) is 17.4. The molecule has 0 saturated heterocycles. The second-order valence-corrected chi connectivity index (χ2v) is 5.59. The van der Waals surface area contributed by atoms with Gasteiger partial charge in [-0.3, -0.25) is 4.79 Å². The maximum Gasteiger partial charge on any atom is 0.243 e. The van der Waals surface area contributed by atoms with Crippen molar-refractivity contribution < 1.29 is 14.3 Å². The molecule has 2 aromatic rings. The molecular formula is C19H24N2O3. The average molecular weight is 328 g/mol. The molecule has 5 heteroatoms. The SMILES string of the molecule is COCCOc1cccc(NCC(=O)Nc2cc(C)ccc2C)c1. The van der Waals surface area contributed by atoms with Crippen molar-refractivity contribution in [2.75, 3.05) is 37.5 Å². The van der Waals surface area contributed by atoms with E-state index in [-0.39, 0.29) is 12.5 Å². The summed E-state index contributed by atoms with van der Waals surface area (Å²) in [5, 5.41) is 6.03. The van der Waals surface area contributed by atoms with Gasteiger partial charge in [0.05, 0.1) is 13.2 Å². The van der Waals surface area contributed by atoms with Gasteiger partial charge in [0.15, 0.2) is 0 Å². The van der Waals surface area contributed by atoms with Gasteiger partial charge in [-0.1, -0.05) is 18.2 Å². The van der Waals surface area contributed by atoms with E-state index in [9.17, 15) is 4.79 Å². The molecule has 0 bridgehead atoms. The Balaban J connectivity index is 1.87. The Bertz CT molecular complexity index is 686. The van der Waals surface area contributed by atoms with Gasteiger partial charge >= 0.3 is 0 Å². The zero-order valence-corrected chi connectivity index (χ0v) is 14.4. The number of amides is 1. The molecule has 2 aromatic carbocycles. The summed E-state index contributed by atoms with van der Waals surface area (Å²) in [5.41, 5.74) is 3.84. The first-order valence-corrected chi connectivity index (χ1v) is 7.91. The van der Waals surface area contributed by atoms with Gasteiger partial charge in [0.1, 0.15) is 12.4 Å². The van der Waals surface area contributed by atoms with Crippen LogP contribution in [0.15, 0.2) is 42.5 Å². The van der Waals surface area contributed by atoms with E-state index >= 15 is 0 Å². The van der Waals surface area contributed by atoms with Crippen LogP contribution in [0.1, 0.15) is 11.1 Å². The summed E-state index contributed by atoms with van der Waals surface area (Å²) in [6, 6.07) is 13.5. The number of carbonyl (C=O) groups is 1. The van der Waals surface area contributed by atoms with Crippen molar-refractivity contribution in [1.82, 2.24) is 0 Å². The molecule has 0 aliphatic carbocycles. The van der Waals surface area contributed by atoms with Crippen LogP contribution >= 0.6 is 0 Å². The van der Waals surface area contributed by atoms with Gasteiger partial charge in [-0.2, -0.15) is 0 Å². The Morgan fingerprint density at radius 1 is 1.08 bits per heavy atom. The summed E-state index contributed by atoms with van der Waals surface area (Å²) in [6.45, 7) is 5.20. The van der Waals surface area contributed by atoms with Gasteiger partial charge in [-0.25, -0.2) is 0 Å². The highest BCUT2D eigenvalue weighted by Crippen LogP contribution is 2.18. The summed E-state index contributed by atoms with van der Waals surface area (Å²) in [7, 11) is 1.63. The third-order valence-electron chi connectivity index (χ3n) is 3.51. The van der Waals surface area contributed by atoms with Crippen LogP contribution in [0.5, 0.6) is 5.75 Å². The van der Waals surface area contributed by atoms with Crippen LogP contribution in [0.3, 0.4) is 0 Å². The Labute approximate surface area is 143 Å². The fourth-order valence-corrected chi connectivity index (χ4v) is 2.19. The van der Waals surface area contributed by atoms with Crippen molar-refractivity contribution in [1.29, 1.82) is 0 Å². The molecule has 0 atom stereocenters. The van der Waals surface area contributed by atoms with E-state index in [1.54, 1.807) is 7.11 Å². The fraction of sp³-hybridized carbons (Fsp3) is 0.316. The molecule has 2 N–H and O–H groups in total. The highest BCUT2D eigenvalue weighted by Gasteiger charge is 2.05. The van der Waals surface area contributed by atoms with Crippen LogP contribution in [-0.4, -0.2) is 32.8 Å². The molecule has 2 rings (SSSR count). The minimum absolute atomic E-state index is 0.0885. The highest BCUT2D eigenvalue weighted by molar-refractivity contribution is 5.94. The van der Waals surface area contributed by atoms with Crippen LogP contribution in [0, 0.1) is 13.8 Å². The first-order chi connectivity index (χ1) is 11.6. The molecule has 0 fully saturated rings. The Hall–Kier alpha value is -2.53. The molecule has 0 saturated carbocycles. The standard InChI is InChI=1S/C19H24N2O3/c1-14-7-8-15(2)18(11-14)21-19(22)13-20-16-5-4-6-17(12-16)24-10-9-23-3/h4-8,11-12,20H,9-10,13H2,1-3H3,(H,21,22). The molecule has 1 amide bonds. The number of aryl methyl sites for hydroxylation is 2.